The van der Waals surface area contributed by atoms with Gasteiger partial charge in [-0.3, -0.25) is 0 Å². The normalized spacial score (nSPS) is 11.3. The van der Waals surface area contributed by atoms with Crippen molar-refractivity contribution in [3.05, 3.63) is 36.4 Å². The van der Waals surface area contributed by atoms with Crippen molar-refractivity contribution in [3.63, 3.8) is 0 Å². The van der Waals surface area contributed by atoms with E-state index in [1.165, 1.54) is 0 Å². The van der Waals surface area contributed by atoms with Crippen LogP contribution in [0, 0.1) is 0 Å². The summed E-state index contributed by atoms with van der Waals surface area (Å²) in [6, 6.07) is 5.44. The molecule has 21 heavy (non-hydrogen) atoms. The molecule has 0 saturated heterocycles. The molecule has 0 fully saturated rings. The molecule has 0 aliphatic heterocycles. The van der Waals surface area contributed by atoms with E-state index in [0.717, 1.165) is 11.4 Å². The fourth-order valence-corrected chi connectivity index (χ4v) is 1.80. The molecule has 0 unspecified atom stereocenters. The third-order valence-electron chi connectivity index (χ3n) is 2.98. The van der Waals surface area contributed by atoms with E-state index in [0.29, 0.717) is 24.0 Å². The van der Waals surface area contributed by atoms with Crippen LogP contribution in [-0.2, 0) is 13.6 Å². The molecule has 0 radical (unpaired) electrons. The van der Waals surface area contributed by atoms with Crippen LogP contribution in [0.3, 0.4) is 0 Å². The van der Waals surface area contributed by atoms with Crippen molar-refractivity contribution in [1.29, 1.82) is 0 Å². The average molecular weight is 289 g/mol. The van der Waals surface area contributed by atoms with Crippen molar-refractivity contribution in [3.8, 4) is 11.5 Å². The van der Waals surface area contributed by atoms with Crippen LogP contribution in [0.5, 0.6) is 11.5 Å². The Morgan fingerprint density at radius 2 is 2.10 bits per heavy atom. The van der Waals surface area contributed by atoms with Gasteiger partial charge in [-0.25, -0.2) is 9.98 Å². The van der Waals surface area contributed by atoms with E-state index in [-0.39, 0.29) is 0 Å². The van der Waals surface area contributed by atoms with Gasteiger partial charge in [-0.2, -0.15) is 0 Å². The molecule has 112 valence electrons. The minimum Gasteiger partial charge on any atom is -0.493 e. The number of nitrogens with zero attached hydrogens (tertiary/aromatic N) is 3. The molecule has 7 heteroatoms. The standard InChI is InChI=1S/C14H19N5O2/c1-19-9-16-7-11(19)8-17-14(15)18-10-4-5-12(20-2)13(6-10)21-3/h4-7,9H,8H2,1-3H3,(H3,15,17,18). The number of imidazole rings is 1. The van der Waals surface area contributed by atoms with Gasteiger partial charge in [0.05, 0.1) is 39.0 Å². The van der Waals surface area contributed by atoms with Gasteiger partial charge in [0, 0.05) is 18.8 Å². The van der Waals surface area contributed by atoms with Gasteiger partial charge in [0.25, 0.3) is 0 Å². The Kier molecular flexibility index (Phi) is 4.65. The predicted octanol–water partition coefficient (Wildman–Crippen LogP) is 1.36. The molecule has 0 bridgehead atoms. The Bertz CT molecular complexity index is 636. The third kappa shape index (κ3) is 3.65. The molecule has 1 heterocycles. The first-order chi connectivity index (χ1) is 10.1. The number of nitrogens with two attached hydrogens (primary N) is 1. The average Bonchev–Trinajstić information content (AvgIpc) is 2.90. The number of benzene rings is 1. The van der Waals surface area contributed by atoms with Crippen LogP contribution in [0.15, 0.2) is 35.7 Å². The van der Waals surface area contributed by atoms with Crippen molar-refractivity contribution in [2.75, 3.05) is 19.5 Å². The molecule has 0 spiro atoms. The molecule has 1 aromatic heterocycles. The lowest BCUT2D eigenvalue weighted by Gasteiger charge is -2.11. The maximum absolute atomic E-state index is 5.87. The number of aromatic nitrogens is 2. The summed E-state index contributed by atoms with van der Waals surface area (Å²) in [7, 11) is 5.09. The lowest BCUT2D eigenvalue weighted by Crippen LogP contribution is -2.22. The number of aryl methyl sites for hydroxylation is 1. The Labute approximate surface area is 123 Å². The number of anilines is 1. The molecule has 2 aromatic rings. The van der Waals surface area contributed by atoms with Gasteiger partial charge in [0.15, 0.2) is 17.5 Å². The van der Waals surface area contributed by atoms with Crippen LogP contribution in [0.2, 0.25) is 0 Å². The molecule has 3 N–H and O–H groups in total. The molecule has 0 saturated carbocycles. The zero-order chi connectivity index (χ0) is 15.2. The van der Waals surface area contributed by atoms with Gasteiger partial charge < -0.3 is 25.1 Å². The second kappa shape index (κ2) is 6.65. The first-order valence-electron chi connectivity index (χ1n) is 6.38. The van der Waals surface area contributed by atoms with E-state index in [4.69, 9.17) is 15.2 Å². The number of aliphatic imine (C=N–C) groups is 1. The number of hydrogen-bond donors (Lipinski definition) is 2. The van der Waals surface area contributed by atoms with Gasteiger partial charge >= 0.3 is 0 Å². The maximum Gasteiger partial charge on any atom is 0.193 e. The number of methoxy groups -OCH3 is 2. The summed E-state index contributed by atoms with van der Waals surface area (Å²) in [5, 5.41) is 3.01. The Morgan fingerprint density at radius 3 is 2.71 bits per heavy atom. The number of nitrogens with one attached hydrogen (secondary N) is 1. The van der Waals surface area contributed by atoms with Crippen molar-refractivity contribution in [2.45, 2.75) is 6.54 Å². The zero-order valence-corrected chi connectivity index (χ0v) is 12.3. The van der Waals surface area contributed by atoms with Gasteiger partial charge in [0.1, 0.15) is 0 Å². The monoisotopic (exact) mass is 289 g/mol. The smallest absolute Gasteiger partial charge is 0.193 e. The minimum atomic E-state index is 0.323. The predicted molar refractivity (Wildman–Crippen MR) is 81.7 cm³/mol. The topological polar surface area (TPSA) is 86.7 Å². The summed E-state index contributed by atoms with van der Waals surface area (Å²) in [4.78, 5) is 8.30. The minimum absolute atomic E-state index is 0.323. The molecule has 7 nitrogen and oxygen atoms in total. The summed E-state index contributed by atoms with van der Waals surface area (Å²) < 4.78 is 12.3. The number of guanidine groups is 1. The summed E-state index contributed by atoms with van der Waals surface area (Å²) in [6.45, 7) is 0.461. The van der Waals surface area contributed by atoms with E-state index < -0.39 is 0 Å². The first-order valence-corrected chi connectivity index (χ1v) is 6.38. The summed E-state index contributed by atoms with van der Waals surface area (Å²) in [6.07, 6.45) is 3.48. The first kappa shape index (κ1) is 14.7. The van der Waals surface area contributed by atoms with Crippen molar-refractivity contribution < 1.29 is 9.47 Å². The van der Waals surface area contributed by atoms with Crippen LogP contribution in [0.4, 0.5) is 5.69 Å². The third-order valence-corrected chi connectivity index (χ3v) is 2.98. The molecule has 2 rings (SSSR count). The Balaban J connectivity index is 2.05. The fraction of sp³-hybridized carbons (Fsp3) is 0.286. The molecule has 0 aliphatic rings. The van der Waals surface area contributed by atoms with Crippen LogP contribution in [-0.4, -0.2) is 29.7 Å². The van der Waals surface area contributed by atoms with E-state index in [9.17, 15) is 0 Å². The van der Waals surface area contributed by atoms with Crippen LogP contribution in [0.1, 0.15) is 5.69 Å². The zero-order valence-electron chi connectivity index (χ0n) is 12.3. The summed E-state index contributed by atoms with van der Waals surface area (Å²) >= 11 is 0. The Hall–Kier alpha value is -2.70. The van der Waals surface area contributed by atoms with E-state index in [1.807, 2.05) is 17.7 Å². The fourth-order valence-electron chi connectivity index (χ4n) is 1.80. The molecule has 1 aromatic carbocycles. The van der Waals surface area contributed by atoms with Gasteiger partial charge in [-0.15, -0.1) is 0 Å². The highest BCUT2D eigenvalue weighted by Crippen LogP contribution is 2.29. The largest absolute Gasteiger partial charge is 0.493 e. The van der Waals surface area contributed by atoms with Crippen molar-refractivity contribution in [1.82, 2.24) is 9.55 Å². The van der Waals surface area contributed by atoms with Crippen LogP contribution >= 0.6 is 0 Å². The quantitative estimate of drug-likeness (QED) is 0.641. The second-order valence-corrected chi connectivity index (χ2v) is 4.39. The van der Waals surface area contributed by atoms with Crippen LogP contribution in [0.25, 0.3) is 0 Å². The van der Waals surface area contributed by atoms with Gasteiger partial charge in [-0.05, 0) is 12.1 Å². The number of hydrogen-bond acceptors (Lipinski definition) is 4. The van der Waals surface area contributed by atoms with Gasteiger partial charge in [-0.1, -0.05) is 0 Å². The maximum atomic E-state index is 5.87. The molecular weight excluding hydrogens is 270 g/mol. The van der Waals surface area contributed by atoms with E-state index in [2.05, 4.69) is 15.3 Å². The summed E-state index contributed by atoms with van der Waals surface area (Å²) in [5.41, 5.74) is 7.63. The highest BCUT2D eigenvalue weighted by molar-refractivity contribution is 5.92. The molecule has 0 amide bonds. The van der Waals surface area contributed by atoms with Gasteiger partial charge in [0.2, 0.25) is 0 Å². The number of ether oxygens (including phenoxy) is 2. The summed E-state index contributed by atoms with van der Waals surface area (Å²) in [5.74, 6) is 1.61. The lowest BCUT2D eigenvalue weighted by atomic mass is 10.3. The molecule has 0 atom stereocenters. The lowest BCUT2D eigenvalue weighted by molar-refractivity contribution is 0.355. The SMILES string of the molecule is COc1ccc(NC(N)=NCc2cncn2C)cc1OC. The van der Waals surface area contributed by atoms with E-state index in [1.54, 1.807) is 38.9 Å². The van der Waals surface area contributed by atoms with Crippen LogP contribution < -0.4 is 20.5 Å². The Morgan fingerprint density at radius 1 is 1.33 bits per heavy atom. The molecular formula is C14H19N5O2. The highest BCUT2D eigenvalue weighted by Gasteiger charge is 2.05. The van der Waals surface area contributed by atoms with Crippen molar-refractivity contribution >= 4 is 11.6 Å². The van der Waals surface area contributed by atoms with E-state index >= 15 is 0 Å². The number of rotatable bonds is 5. The molecule has 0 aliphatic carbocycles. The van der Waals surface area contributed by atoms with Crippen molar-refractivity contribution in [2.24, 2.45) is 17.8 Å². The highest BCUT2D eigenvalue weighted by atomic mass is 16.5. The second-order valence-electron chi connectivity index (χ2n) is 4.39.